The topological polar surface area (TPSA) is 69.6 Å². The quantitative estimate of drug-likeness (QED) is 0.503. The Bertz CT molecular complexity index is 1080. The molecule has 3 heterocycles. The number of halogens is 3. The Balaban J connectivity index is 0.00000210. The Morgan fingerprint density at radius 3 is 2.70 bits per heavy atom. The lowest BCUT2D eigenvalue weighted by Gasteiger charge is -2.16. The number of aromatic nitrogens is 4. The fourth-order valence-electron chi connectivity index (χ4n) is 2.94. The van der Waals surface area contributed by atoms with E-state index in [1.807, 2.05) is 30.3 Å². The maximum atomic E-state index is 13.9. The Labute approximate surface area is 170 Å². The van der Waals surface area contributed by atoms with Gasteiger partial charge in [-0.3, -0.25) is 9.97 Å². The van der Waals surface area contributed by atoms with Crippen molar-refractivity contribution in [3.63, 3.8) is 0 Å². The summed E-state index contributed by atoms with van der Waals surface area (Å²) >= 11 is 3.47. The molecule has 0 aliphatic rings. The van der Waals surface area contributed by atoms with Gasteiger partial charge in [-0.15, -0.1) is 12.4 Å². The Hall–Kier alpha value is -2.35. The minimum Gasteiger partial charge on any atom is -0.322 e. The Morgan fingerprint density at radius 1 is 1.11 bits per heavy atom. The van der Waals surface area contributed by atoms with Gasteiger partial charge in [0.15, 0.2) is 0 Å². The third-order valence-electron chi connectivity index (χ3n) is 4.17. The summed E-state index contributed by atoms with van der Waals surface area (Å²) in [6.45, 7) is 0. The van der Waals surface area contributed by atoms with Crippen LogP contribution < -0.4 is 5.73 Å². The maximum absolute atomic E-state index is 13.9. The van der Waals surface area contributed by atoms with E-state index >= 15 is 0 Å². The number of benzene rings is 1. The fourth-order valence-corrected chi connectivity index (χ4v) is 3.32. The number of nitrogens with two attached hydrogens (primary N) is 1. The van der Waals surface area contributed by atoms with Crippen molar-refractivity contribution >= 4 is 39.2 Å². The van der Waals surface area contributed by atoms with Crippen molar-refractivity contribution in [1.82, 2.24) is 19.7 Å². The predicted octanol–water partition coefficient (Wildman–Crippen LogP) is 4.38. The molecule has 0 fully saturated rings. The molecule has 0 saturated heterocycles. The van der Waals surface area contributed by atoms with Crippen molar-refractivity contribution in [2.24, 2.45) is 5.73 Å². The van der Waals surface area contributed by atoms with E-state index in [4.69, 9.17) is 5.73 Å². The van der Waals surface area contributed by atoms with Crippen molar-refractivity contribution in [3.8, 4) is 5.69 Å². The molecular formula is C19H16BrClFN5. The number of hydrogen-bond donors (Lipinski definition) is 1. The van der Waals surface area contributed by atoms with Crippen LogP contribution in [-0.4, -0.2) is 19.7 Å². The van der Waals surface area contributed by atoms with E-state index in [1.54, 1.807) is 29.3 Å². The molecule has 1 aromatic carbocycles. The molecule has 3 aromatic heterocycles. The average molecular weight is 449 g/mol. The lowest BCUT2D eigenvalue weighted by Crippen LogP contribution is -2.19. The standard InChI is InChI=1S/C19H15BrFN5.ClH/c20-13-5-6-17-12(9-13)11-25-26(17)18-4-2-8-24-19(18)15(22)10-16-14(21)3-1-7-23-16;/h1-9,11,15H,10,22H2;1H/t15-;/m0./s1. The number of pyridine rings is 2. The summed E-state index contributed by atoms with van der Waals surface area (Å²) in [4.78, 5) is 8.52. The van der Waals surface area contributed by atoms with Crippen LogP contribution in [0.1, 0.15) is 17.4 Å². The fraction of sp³-hybridized carbons (Fsp3) is 0.105. The summed E-state index contributed by atoms with van der Waals surface area (Å²) < 4.78 is 16.7. The molecule has 0 aliphatic heterocycles. The lowest BCUT2D eigenvalue weighted by atomic mass is 10.1. The molecule has 27 heavy (non-hydrogen) atoms. The van der Waals surface area contributed by atoms with Crippen LogP contribution in [-0.2, 0) is 6.42 Å². The zero-order valence-corrected chi connectivity index (χ0v) is 16.5. The molecule has 0 bridgehead atoms. The molecule has 0 saturated carbocycles. The highest BCUT2D eigenvalue weighted by Crippen LogP contribution is 2.26. The van der Waals surface area contributed by atoms with Crippen molar-refractivity contribution in [3.05, 3.63) is 82.7 Å². The number of hydrogen-bond acceptors (Lipinski definition) is 4. The van der Waals surface area contributed by atoms with Crippen molar-refractivity contribution < 1.29 is 4.39 Å². The molecule has 4 aromatic rings. The minimum atomic E-state index is -0.509. The third-order valence-corrected chi connectivity index (χ3v) is 4.67. The van der Waals surface area contributed by atoms with Gasteiger partial charge in [0.1, 0.15) is 5.82 Å². The van der Waals surface area contributed by atoms with E-state index in [9.17, 15) is 4.39 Å². The van der Waals surface area contributed by atoms with Crippen LogP contribution in [0.4, 0.5) is 4.39 Å². The minimum absolute atomic E-state index is 0. The van der Waals surface area contributed by atoms with Gasteiger partial charge < -0.3 is 5.73 Å². The van der Waals surface area contributed by atoms with Crippen molar-refractivity contribution in [2.45, 2.75) is 12.5 Å². The van der Waals surface area contributed by atoms with Gasteiger partial charge in [-0.05, 0) is 42.5 Å². The summed E-state index contributed by atoms with van der Waals surface area (Å²) in [5, 5.41) is 5.48. The van der Waals surface area contributed by atoms with Crippen molar-refractivity contribution in [2.75, 3.05) is 0 Å². The Kier molecular flexibility index (Phi) is 5.84. The average Bonchev–Trinajstić information content (AvgIpc) is 3.06. The van der Waals surface area contributed by atoms with Crippen LogP contribution in [0.5, 0.6) is 0 Å². The SMILES string of the molecule is Cl.N[C@@H](Cc1ncccc1F)c1ncccc1-n1ncc2cc(Br)ccc21. The lowest BCUT2D eigenvalue weighted by molar-refractivity contribution is 0.575. The van der Waals surface area contributed by atoms with Crippen molar-refractivity contribution in [1.29, 1.82) is 0 Å². The van der Waals surface area contributed by atoms with Gasteiger partial charge in [0.25, 0.3) is 0 Å². The van der Waals surface area contributed by atoms with Gasteiger partial charge in [-0.1, -0.05) is 15.9 Å². The normalized spacial score (nSPS) is 12.0. The summed E-state index contributed by atoms with van der Waals surface area (Å²) in [6, 6.07) is 12.1. The first-order valence-corrected chi connectivity index (χ1v) is 8.86. The molecule has 138 valence electrons. The molecule has 0 unspecified atom stereocenters. The summed E-state index contributed by atoms with van der Waals surface area (Å²) in [6.07, 6.45) is 5.28. The molecule has 2 N–H and O–H groups in total. The van der Waals surface area contributed by atoms with Crippen LogP contribution in [0.15, 0.2) is 65.5 Å². The predicted molar refractivity (Wildman–Crippen MR) is 109 cm³/mol. The smallest absolute Gasteiger partial charge is 0.144 e. The largest absolute Gasteiger partial charge is 0.322 e. The van der Waals surface area contributed by atoms with Crippen LogP contribution in [0.2, 0.25) is 0 Å². The molecule has 1 atom stereocenters. The molecule has 0 spiro atoms. The van der Waals surface area contributed by atoms with Gasteiger partial charge in [-0.25, -0.2) is 9.07 Å². The highest BCUT2D eigenvalue weighted by atomic mass is 79.9. The zero-order chi connectivity index (χ0) is 18.1. The van der Waals surface area contributed by atoms with E-state index in [1.165, 1.54) is 6.07 Å². The van der Waals surface area contributed by atoms with Gasteiger partial charge >= 0.3 is 0 Å². The monoisotopic (exact) mass is 447 g/mol. The van der Waals surface area contributed by atoms with Gasteiger partial charge in [0, 0.05) is 28.7 Å². The van der Waals surface area contributed by atoms with Gasteiger partial charge in [0.2, 0.25) is 0 Å². The molecule has 8 heteroatoms. The zero-order valence-electron chi connectivity index (χ0n) is 14.1. The first kappa shape index (κ1) is 19.4. The highest BCUT2D eigenvalue weighted by Gasteiger charge is 2.18. The van der Waals surface area contributed by atoms with E-state index < -0.39 is 6.04 Å². The van der Waals surface area contributed by atoms with Crippen LogP contribution in [0.25, 0.3) is 16.6 Å². The molecular weight excluding hydrogens is 433 g/mol. The van der Waals surface area contributed by atoms with Crippen LogP contribution in [0.3, 0.4) is 0 Å². The van der Waals surface area contributed by atoms with E-state index in [0.29, 0.717) is 11.4 Å². The first-order chi connectivity index (χ1) is 12.6. The van der Waals surface area contributed by atoms with Gasteiger partial charge in [0.05, 0.1) is 34.8 Å². The molecule has 5 nitrogen and oxygen atoms in total. The third kappa shape index (κ3) is 3.85. The van der Waals surface area contributed by atoms with E-state index in [0.717, 1.165) is 21.1 Å². The van der Waals surface area contributed by atoms with E-state index in [2.05, 4.69) is 31.0 Å². The highest BCUT2D eigenvalue weighted by molar-refractivity contribution is 9.10. The number of fused-ring (bicyclic) bond motifs is 1. The second-order valence-corrected chi connectivity index (χ2v) is 6.83. The van der Waals surface area contributed by atoms with E-state index in [-0.39, 0.29) is 24.6 Å². The van der Waals surface area contributed by atoms with Crippen LogP contribution in [0, 0.1) is 5.82 Å². The second-order valence-electron chi connectivity index (χ2n) is 5.91. The van der Waals surface area contributed by atoms with Crippen LogP contribution >= 0.6 is 28.3 Å². The second kappa shape index (κ2) is 8.12. The first-order valence-electron chi connectivity index (χ1n) is 8.07. The molecule has 0 amide bonds. The summed E-state index contributed by atoms with van der Waals surface area (Å²) in [5.74, 6) is -0.366. The molecule has 0 aliphatic carbocycles. The maximum Gasteiger partial charge on any atom is 0.144 e. The molecule has 4 rings (SSSR count). The molecule has 0 radical (unpaired) electrons. The summed E-state index contributed by atoms with van der Waals surface area (Å²) in [5.41, 5.74) is 9.04. The summed E-state index contributed by atoms with van der Waals surface area (Å²) in [7, 11) is 0. The Morgan fingerprint density at radius 2 is 1.89 bits per heavy atom. The number of rotatable bonds is 4. The van der Waals surface area contributed by atoms with Gasteiger partial charge in [-0.2, -0.15) is 5.10 Å². The number of nitrogens with zero attached hydrogens (tertiary/aromatic N) is 4.